The van der Waals surface area contributed by atoms with Crippen molar-refractivity contribution in [2.75, 3.05) is 0 Å². The Hall–Kier alpha value is -2.45. The number of hydrogen-bond acceptors (Lipinski definition) is 5. The number of fused-ring (bicyclic) bond motifs is 1. The predicted octanol–water partition coefficient (Wildman–Crippen LogP) is 2.35. The van der Waals surface area contributed by atoms with Gasteiger partial charge in [0.15, 0.2) is 5.78 Å². The van der Waals surface area contributed by atoms with Crippen molar-refractivity contribution in [3.8, 4) is 0 Å². The van der Waals surface area contributed by atoms with Gasteiger partial charge in [0.2, 0.25) is 0 Å². The van der Waals surface area contributed by atoms with Gasteiger partial charge in [-0.25, -0.2) is 0 Å². The van der Waals surface area contributed by atoms with Crippen molar-refractivity contribution in [3.63, 3.8) is 0 Å². The minimum atomic E-state index is -1.03. The monoisotopic (exact) mass is 384 g/mol. The molecule has 1 aliphatic rings. The molecule has 1 aromatic heterocycles. The van der Waals surface area contributed by atoms with E-state index in [1.54, 1.807) is 6.08 Å². The lowest BCUT2D eigenvalue weighted by Crippen LogP contribution is -2.41. The van der Waals surface area contributed by atoms with E-state index in [4.69, 9.17) is 9.31 Å². The van der Waals surface area contributed by atoms with E-state index in [9.17, 15) is 14.7 Å². The highest BCUT2D eigenvalue weighted by Crippen LogP contribution is 2.37. The Morgan fingerprint density at radius 1 is 1.25 bits per heavy atom. The number of carbonyl (C=O) groups is 2. The molecule has 28 heavy (non-hydrogen) atoms. The van der Waals surface area contributed by atoms with Crippen molar-refractivity contribution in [1.82, 2.24) is 9.78 Å². The van der Waals surface area contributed by atoms with Crippen LogP contribution in [-0.2, 0) is 27.1 Å². The van der Waals surface area contributed by atoms with Crippen LogP contribution in [0.1, 0.15) is 50.7 Å². The third kappa shape index (κ3) is 3.38. The van der Waals surface area contributed by atoms with Crippen LogP contribution < -0.4 is 5.46 Å². The molecule has 1 saturated heterocycles. The zero-order valence-electron chi connectivity index (χ0n) is 16.9. The van der Waals surface area contributed by atoms with Crippen LogP contribution in [0.4, 0.5) is 0 Å². The quantitative estimate of drug-likeness (QED) is 0.467. The maximum atomic E-state index is 12.2. The standard InChI is InChI=1S/C20H25BN2O5/c1-7-8-13-9-14(21-27-19(3,4)20(5,6)28-21)10-15-17(12(2)24)22-23(18(13)15)11-16(25)26/h7,9-10H,1,8,11H2,2-6H3,(H,25,26). The lowest BCUT2D eigenvalue weighted by Gasteiger charge is -2.32. The molecule has 0 spiro atoms. The third-order valence-electron chi connectivity index (χ3n) is 5.45. The molecule has 3 rings (SSSR count). The minimum absolute atomic E-state index is 0.232. The first-order chi connectivity index (χ1) is 13.0. The molecule has 1 N–H and O–H groups in total. The number of hydrogen-bond donors (Lipinski definition) is 1. The second-order valence-corrected chi connectivity index (χ2v) is 8.11. The molecule has 0 aliphatic carbocycles. The van der Waals surface area contributed by atoms with Crippen LogP contribution >= 0.6 is 0 Å². The normalized spacial score (nSPS) is 17.8. The molecule has 0 bridgehead atoms. The molecule has 2 aromatic rings. The molecule has 1 fully saturated rings. The fraction of sp³-hybridized carbons (Fsp3) is 0.450. The molecule has 0 saturated carbocycles. The highest BCUT2D eigenvalue weighted by atomic mass is 16.7. The van der Waals surface area contributed by atoms with Crippen LogP contribution in [0.15, 0.2) is 24.8 Å². The Kier molecular flexibility index (Phi) is 4.97. The zero-order valence-corrected chi connectivity index (χ0v) is 16.9. The Morgan fingerprint density at radius 3 is 2.36 bits per heavy atom. The molecule has 1 aromatic carbocycles. The summed E-state index contributed by atoms with van der Waals surface area (Å²) >= 11 is 0. The molecule has 0 radical (unpaired) electrons. The van der Waals surface area contributed by atoms with Crippen LogP contribution in [0.3, 0.4) is 0 Å². The lowest BCUT2D eigenvalue weighted by molar-refractivity contribution is -0.137. The van der Waals surface area contributed by atoms with E-state index in [0.29, 0.717) is 17.3 Å². The van der Waals surface area contributed by atoms with Gasteiger partial charge in [-0.05, 0) is 45.1 Å². The van der Waals surface area contributed by atoms with Crippen molar-refractivity contribution < 1.29 is 24.0 Å². The first-order valence-electron chi connectivity index (χ1n) is 9.19. The number of Topliss-reactive ketones (excluding diaryl/α,β-unsaturated/α-hetero) is 1. The second-order valence-electron chi connectivity index (χ2n) is 8.11. The molecule has 0 atom stereocenters. The molecule has 1 aliphatic heterocycles. The van der Waals surface area contributed by atoms with Crippen molar-refractivity contribution in [3.05, 3.63) is 36.0 Å². The van der Waals surface area contributed by atoms with Crippen molar-refractivity contribution in [2.24, 2.45) is 0 Å². The Bertz CT molecular complexity index is 961. The van der Waals surface area contributed by atoms with Gasteiger partial charge >= 0.3 is 13.1 Å². The van der Waals surface area contributed by atoms with Crippen LogP contribution in [0.2, 0.25) is 0 Å². The van der Waals surface area contributed by atoms with E-state index in [-0.39, 0.29) is 18.0 Å². The van der Waals surface area contributed by atoms with Crippen molar-refractivity contribution >= 4 is 35.2 Å². The Balaban J connectivity index is 2.22. The summed E-state index contributed by atoms with van der Waals surface area (Å²) in [5.41, 5.74) is 1.44. The summed E-state index contributed by atoms with van der Waals surface area (Å²) in [5.74, 6) is -1.26. The number of carbonyl (C=O) groups excluding carboxylic acids is 1. The van der Waals surface area contributed by atoms with Crippen LogP contribution in [-0.4, -0.2) is 45.0 Å². The minimum Gasteiger partial charge on any atom is -0.480 e. The number of carboxylic acids is 1. The van der Waals surface area contributed by atoms with Gasteiger partial charge in [0.25, 0.3) is 0 Å². The zero-order chi connectivity index (χ0) is 20.9. The number of aliphatic carboxylic acids is 1. The van der Waals surface area contributed by atoms with E-state index in [2.05, 4.69) is 11.7 Å². The smallest absolute Gasteiger partial charge is 0.480 e. The summed E-state index contributed by atoms with van der Waals surface area (Å²) in [6.45, 7) is 12.8. The van der Waals surface area contributed by atoms with Crippen molar-refractivity contribution in [1.29, 1.82) is 0 Å². The number of ketones is 1. The predicted molar refractivity (Wildman–Crippen MR) is 107 cm³/mol. The number of nitrogens with zero attached hydrogens (tertiary/aromatic N) is 2. The second kappa shape index (κ2) is 6.86. The lowest BCUT2D eigenvalue weighted by atomic mass is 9.77. The highest BCUT2D eigenvalue weighted by molar-refractivity contribution is 6.62. The summed E-state index contributed by atoms with van der Waals surface area (Å²) < 4.78 is 13.7. The number of allylic oxidation sites excluding steroid dienone is 1. The van der Waals surface area contributed by atoms with Crippen LogP contribution in [0.5, 0.6) is 0 Å². The average molecular weight is 384 g/mol. The maximum absolute atomic E-state index is 12.2. The van der Waals surface area contributed by atoms with Gasteiger partial charge in [0.05, 0.1) is 16.7 Å². The molecule has 2 heterocycles. The summed E-state index contributed by atoms with van der Waals surface area (Å²) in [6, 6.07) is 3.72. The van der Waals surface area contributed by atoms with E-state index in [1.807, 2.05) is 39.8 Å². The molecule has 148 valence electrons. The largest absolute Gasteiger partial charge is 0.494 e. The van der Waals surface area contributed by atoms with E-state index >= 15 is 0 Å². The van der Waals surface area contributed by atoms with E-state index in [1.165, 1.54) is 11.6 Å². The topological polar surface area (TPSA) is 90.7 Å². The summed E-state index contributed by atoms with van der Waals surface area (Å²) in [4.78, 5) is 23.4. The molecular weight excluding hydrogens is 359 g/mol. The third-order valence-corrected chi connectivity index (χ3v) is 5.45. The molecule has 0 unspecified atom stereocenters. The fourth-order valence-corrected chi connectivity index (χ4v) is 3.36. The van der Waals surface area contributed by atoms with Gasteiger partial charge < -0.3 is 14.4 Å². The first-order valence-corrected chi connectivity index (χ1v) is 9.19. The van der Waals surface area contributed by atoms with Crippen LogP contribution in [0.25, 0.3) is 10.9 Å². The number of benzene rings is 1. The van der Waals surface area contributed by atoms with Gasteiger partial charge in [-0.15, -0.1) is 6.58 Å². The van der Waals surface area contributed by atoms with Gasteiger partial charge in [0, 0.05) is 12.3 Å². The van der Waals surface area contributed by atoms with Gasteiger partial charge in [-0.2, -0.15) is 5.10 Å². The van der Waals surface area contributed by atoms with Crippen LogP contribution in [0, 0.1) is 0 Å². The highest BCUT2D eigenvalue weighted by Gasteiger charge is 2.51. The summed E-state index contributed by atoms with van der Waals surface area (Å²) in [7, 11) is -0.597. The number of rotatable bonds is 6. The number of carboxylic acid groups (broad SMARTS) is 1. The first kappa shape index (κ1) is 20.3. The molecular formula is C20H25BN2O5. The van der Waals surface area contributed by atoms with E-state index in [0.717, 1.165) is 11.0 Å². The average Bonchev–Trinajstić information content (AvgIpc) is 3.02. The molecule has 0 amide bonds. The SMILES string of the molecule is C=CCc1cc(B2OC(C)(C)C(C)(C)O2)cc2c(C(C)=O)nn(CC(=O)O)c12. The molecule has 7 nitrogen and oxygen atoms in total. The van der Waals surface area contributed by atoms with E-state index < -0.39 is 24.3 Å². The number of aromatic nitrogens is 2. The Morgan fingerprint density at radius 2 is 1.86 bits per heavy atom. The Labute approximate surface area is 164 Å². The van der Waals surface area contributed by atoms with Gasteiger partial charge in [-0.3, -0.25) is 14.3 Å². The fourth-order valence-electron chi connectivity index (χ4n) is 3.36. The maximum Gasteiger partial charge on any atom is 0.494 e. The summed E-state index contributed by atoms with van der Waals surface area (Å²) in [6.07, 6.45) is 2.22. The van der Waals surface area contributed by atoms with Gasteiger partial charge in [0.1, 0.15) is 12.2 Å². The van der Waals surface area contributed by atoms with Gasteiger partial charge in [-0.1, -0.05) is 18.2 Å². The summed E-state index contributed by atoms with van der Waals surface area (Å²) in [5, 5.41) is 14.1. The van der Waals surface area contributed by atoms with Crippen molar-refractivity contribution in [2.45, 2.75) is 58.8 Å². The molecule has 8 heteroatoms.